The van der Waals surface area contributed by atoms with Crippen molar-refractivity contribution < 1.29 is 14.6 Å². The lowest BCUT2D eigenvalue weighted by Gasteiger charge is -2.37. The van der Waals surface area contributed by atoms with Crippen LogP contribution in [0.5, 0.6) is 11.5 Å². The second-order valence-corrected chi connectivity index (χ2v) is 4.68. The average molecular weight is 265 g/mol. The maximum absolute atomic E-state index is 10.6. The smallest absolute Gasteiger partial charge is 0.125 e. The maximum Gasteiger partial charge on any atom is 0.125 e. The Labute approximate surface area is 114 Å². The summed E-state index contributed by atoms with van der Waals surface area (Å²) in [5, 5.41) is 10.6. The fourth-order valence-corrected chi connectivity index (χ4v) is 2.62. The van der Waals surface area contributed by atoms with E-state index >= 15 is 0 Å². The third-order valence-corrected chi connectivity index (χ3v) is 3.67. The number of ether oxygens (including phenoxy) is 2. The minimum absolute atomic E-state index is 0.0133. The first kappa shape index (κ1) is 14.2. The lowest BCUT2D eigenvalue weighted by molar-refractivity contribution is 0.00769. The number of fused-ring (bicyclic) bond motifs is 1. The second kappa shape index (κ2) is 6.26. The van der Waals surface area contributed by atoms with Crippen LogP contribution in [0.15, 0.2) is 18.2 Å². The molecule has 2 rings (SSSR count). The topological polar surface area (TPSA) is 41.9 Å². The van der Waals surface area contributed by atoms with Gasteiger partial charge in [0, 0.05) is 5.56 Å². The molecule has 0 amide bonds. The van der Waals surface area contributed by atoms with Crippen molar-refractivity contribution in [2.75, 3.05) is 26.3 Å². The summed E-state index contributed by atoms with van der Waals surface area (Å²) in [4.78, 5) is 2.22. The summed E-state index contributed by atoms with van der Waals surface area (Å²) in [6, 6.07) is 5.66. The number of hydrogen-bond acceptors (Lipinski definition) is 4. The van der Waals surface area contributed by atoms with Gasteiger partial charge in [-0.15, -0.1) is 0 Å². The molecule has 19 heavy (non-hydrogen) atoms. The van der Waals surface area contributed by atoms with Gasteiger partial charge in [0.1, 0.15) is 24.2 Å². The highest BCUT2D eigenvalue weighted by Crippen LogP contribution is 2.36. The zero-order chi connectivity index (χ0) is 13.8. The summed E-state index contributed by atoms with van der Waals surface area (Å²) < 4.78 is 11.3. The largest absolute Gasteiger partial charge is 0.494 e. The zero-order valence-corrected chi connectivity index (χ0v) is 11.9. The van der Waals surface area contributed by atoms with Gasteiger partial charge in [-0.1, -0.05) is 13.8 Å². The van der Waals surface area contributed by atoms with Gasteiger partial charge in [0.25, 0.3) is 0 Å². The van der Waals surface area contributed by atoms with Crippen LogP contribution in [0.1, 0.15) is 32.4 Å². The van der Waals surface area contributed by atoms with E-state index in [1.54, 1.807) is 0 Å². The standard InChI is InChI=1S/C15H23NO3/c1-4-16(5-2)13-10-19-14-8-7-11(18-6-3)9-12(14)15(13)17/h7-9,13,15,17H,4-6,10H2,1-3H3. The molecule has 2 atom stereocenters. The molecule has 1 N–H and O–H groups in total. The summed E-state index contributed by atoms with van der Waals surface area (Å²) in [6.45, 7) is 9.11. The van der Waals surface area contributed by atoms with Crippen LogP contribution in [0.2, 0.25) is 0 Å². The Bertz CT molecular complexity index is 418. The number of nitrogens with zero attached hydrogens (tertiary/aromatic N) is 1. The highest BCUT2D eigenvalue weighted by molar-refractivity contribution is 5.43. The Hall–Kier alpha value is -1.26. The molecule has 0 saturated carbocycles. The van der Waals surface area contributed by atoms with Crippen LogP contribution in [-0.2, 0) is 0 Å². The third kappa shape index (κ3) is 2.85. The zero-order valence-electron chi connectivity index (χ0n) is 11.9. The third-order valence-electron chi connectivity index (χ3n) is 3.67. The number of rotatable bonds is 5. The number of aliphatic hydroxyl groups excluding tert-OH is 1. The van der Waals surface area contributed by atoms with Crippen molar-refractivity contribution in [3.05, 3.63) is 23.8 Å². The molecule has 0 bridgehead atoms. The van der Waals surface area contributed by atoms with Gasteiger partial charge in [-0.2, -0.15) is 0 Å². The van der Waals surface area contributed by atoms with Gasteiger partial charge >= 0.3 is 0 Å². The van der Waals surface area contributed by atoms with Crippen LogP contribution in [0.4, 0.5) is 0 Å². The maximum atomic E-state index is 10.6. The Morgan fingerprint density at radius 3 is 2.68 bits per heavy atom. The van der Waals surface area contributed by atoms with Crippen molar-refractivity contribution in [3.63, 3.8) is 0 Å². The molecule has 0 radical (unpaired) electrons. The fraction of sp³-hybridized carbons (Fsp3) is 0.600. The van der Waals surface area contributed by atoms with E-state index in [9.17, 15) is 5.11 Å². The van der Waals surface area contributed by atoms with Crippen LogP contribution in [0.3, 0.4) is 0 Å². The van der Waals surface area contributed by atoms with Crippen molar-refractivity contribution in [1.29, 1.82) is 0 Å². The summed E-state index contributed by atoms with van der Waals surface area (Å²) in [5.41, 5.74) is 0.828. The number of aliphatic hydroxyl groups is 1. The van der Waals surface area contributed by atoms with Gasteiger partial charge in [0.05, 0.1) is 12.6 Å². The Kier molecular flexibility index (Phi) is 4.66. The lowest BCUT2D eigenvalue weighted by Crippen LogP contribution is -2.45. The van der Waals surface area contributed by atoms with E-state index in [-0.39, 0.29) is 6.04 Å². The minimum atomic E-state index is -0.524. The lowest BCUT2D eigenvalue weighted by atomic mass is 9.97. The molecule has 1 aliphatic heterocycles. The molecular formula is C15H23NO3. The van der Waals surface area contributed by atoms with Crippen molar-refractivity contribution in [2.45, 2.75) is 32.9 Å². The molecule has 106 valence electrons. The molecule has 4 nitrogen and oxygen atoms in total. The molecule has 0 aromatic heterocycles. The summed E-state index contributed by atoms with van der Waals surface area (Å²) >= 11 is 0. The first-order valence-electron chi connectivity index (χ1n) is 7.02. The van der Waals surface area contributed by atoms with Crippen LogP contribution >= 0.6 is 0 Å². The van der Waals surface area contributed by atoms with Crippen molar-refractivity contribution in [2.24, 2.45) is 0 Å². The minimum Gasteiger partial charge on any atom is -0.494 e. The first-order valence-corrected chi connectivity index (χ1v) is 7.02. The normalized spacial score (nSPS) is 21.9. The quantitative estimate of drug-likeness (QED) is 0.886. The molecule has 2 unspecified atom stereocenters. The van der Waals surface area contributed by atoms with E-state index in [0.717, 1.165) is 30.2 Å². The molecular weight excluding hydrogens is 242 g/mol. The van der Waals surface area contributed by atoms with E-state index in [0.29, 0.717) is 13.2 Å². The number of hydrogen-bond donors (Lipinski definition) is 1. The Balaban J connectivity index is 2.25. The van der Waals surface area contributed by atoms with Gasteiger partial charge in [-0.3, -0.25) is 4.90 Å². The van der Waals surface area contributed by atoms with Gasteiger partial charge in [-0.25, -0.2) is 0 Å². The molecule has 1 aromatic rings. The number of benzene rings is 1. The van der Waals surface area contributed by atoms with Crippen LogP contribution in [0, 0.1) is 0 Å². The molecule has 0 fully saturated rings. The second-order valence-electron chi connectivity index (χ2n) is 4.68. The highest BCUT2D eigenvalue weighted by Gasteiger charge is 2.32. The van der Waals surface area contributed by atoms with Crippen molar-refractivity contribution in [1.82, 2.24) is 4.90 Å². The Morgan fingerprint density at radius 1 is 1.32 bits per heavy atom. The number of likely N-dealkylation sites (N-methyl/N-ethyl adjacent to an activating group) is 1. The molecule has 4 heteroatoms. The first-order chi connectivity index (χ1) is 9.21. The van der Waals surface area contributed by atoms with Gasteiger partial charge in [0.15, 0.2) is 0 Å². The molecule has 1 heterocycles. The summed E-state index contributed by atoms with van der Waals surface area (Å²) in [5.74, 6) is 1.54. The van der Waals surface area contributed by atoms with E-state index in [2.05, 4.69) is 18.7 Å². The summed E-state index contributed by atoms with van der Waals surface area (Å²) in [7, 11) is 0. The highest BCUT2D eigenvalue weighted by atomic mass is 16.5. The van der Waals surface area contributed by atoms with Crippen LogP contribution in [0.25, 0.3) is 0 Å². The van der Waals surface area contributed by atoms with Gasteiger partial charge in [0.2, 0.25) is 0 Å². The average Bonchev–Trinajstić information content (AvgIpc) is 2.43. The Morgan fingerprint density at radius 2 is 2.05 bits per heavy atom. The molecule has 0 saturated heterocycles. The van der Waals surface area contributed by atoms with Crippen LogP contribution < -0.4 is 9.47 Å². The van der Waals surface area contributed by atoms with Gasteiger partial charge < -0.3 is 14.6 Å². The van der Waals surface area contributed by atoms with E-state index < -0.39 is 6.10 Å². The predicted octanol–water partition coefficient (Wildman–Crippen LogP) is 2.22. The van der Waals surface area contributed by atoms with Gasteiger partial charge in [-0.05, 0) is 38.2 Å². The van der Waals surface area contributed by atoms with E-state index in [4.69, 9.17) is 9.47 Å². The summed E-state index contributed by atoms with van der Waals surface area (Å²) in [6.07, 6.45) is -0.524. The SMILES string of the molecule is CCOc1ccc2c(c1)C(O)C(N(CC)CC)CO2. The molecule has 1 aromatic carbocycles. The van der Waals surface area contributed by atoms with Crippen molar-refractivity contribution in [3.8, 4) is 11.5 Å². The van der Waals surface area contributed by atoms with E-state index in [1.165, 1.54) is 0 Å². The molecule has 0 spiro atoms. The van der Waals surface area contributed by atoms with Crippen molar-refractivity contribution >= 4 is 0 Å². The monoisotopic (exact) mass is 265 g/mol. The molecule has 0 aliphatic carbocycles. The fourth-order valence-electron chi connectivity index (χ4n) is 2.62. The predicted molar refractivity (Wildman–Crippen MR) is 74.8 cm³/mol. The van der Waals surface area contributed by atoms with Crippen LogP contribution in [-0.4, -0.2) is 42.4 Å². The van der Waals surface area contributed by atoms with E-state index in [1.807, 2.05) is 25.1 Å². The molecule has 1 aliphatic rings.